The molecule has 0 bridgehead atoms. The number of benzene rings is 2. The van der Waals surface area contributed by atoms with Crippen molar-refractivity contribution in [2.75, 3.05) is 0 Å². The van der Waals surface area contributed by atoms with Crippen LogP contribution < -0.4 is 0 Å². The standard InChI is InChI=1S/C16H17BrO/c1-11-6-7-14(8-12(11)2)16(18)10-13-4-3-5-15(17)9-13/h3-9,16,18H,10H2,1-2H3. The maximum Gasteiger partial charge on any atom is 0.0830 e. The second-order valence-corrected chi connectivity index (χ2v) is 5.61. The Hall–Kier alpha value is -1.12. The molecule has 2 rings (SSSR count). The van der Waals surface area contributed by atoms with Crippen LogP contribution >= 0.6 is 15.9 Å². The molecule has 0 aliphatic heterocycles. The first-order chi connectivity index (χ1) is 8.56. The van der Waals surface area contributed by atoms with E-state index in [0.29, 0.717) is 6.42 Å². The van der Waals surface area contributed by atoms with Crippen LogP contribution in [0.2, 0.25) is 0 Å². The number of aryl methyl sites for hydroxylation is 2. The van der Waals surface area contributed by atoms with Gasteiger partial charge in [0.2, 0.25) is 0 Å². The van der Waals surface area contributed by atoms with Crippen molar-refractivity contribution in [1.29, 1.82) is 0 Å². The van der Waals surface area contributed by atoms with Crippen LogP contribution in [0.25, 0.3) is 0 Å². The summed E-state index contributed by atoms with van der Waals surface area (Å²) < 4.78 is 1.05. The molecule has 2 aromatic carbocycles. The Kier molecular flexibility index (Phi) is 4.20. The van der Waals surface area contributed by atoms with Crippen LogP contribution in [-0.2, 0) is 6.42 Å². The lowest BCUT2D eigenvalue weighted by atomic mass is 9.98. The third-order valence-electron chi connectivity index (χ3n) is 3.23. The van der Waals surface area contributed by atoms with E-state index in [4.69, 9.17) is 0 Å². The Bertz CT molecular complexity index is 549. The molecule has 0 radical (unpaired) electrons. The molecule has 18 heavy (non-hydrogen) atoms. The van der Waals surface area contributed by atoms with Gasteiger partial charge in [0.1, 0.15) is 0 Å². The van der Waals surface area contributed by atoms with Gasteiger partial charge in [0.15, 0.2) is 0 Å². The molecule has 0 saturated heterocycles. The van der Waals surface area contributed by atoms with Crippen molar-refractivity contribution in [3.8, 4) is 0 Å². The summed E-state index contributed by atoms with van der Waals surface area (Å²) in [6.45, 7) is 4.16. The maximum absolute atomic E-state index is 10.3. The van der Waals surface area contributed by atoms with Gasteiger partial charge in [-0.15, -0.1) is 0 Å². The summed E-state index contributed by atoms with van der Waals surface area (Å²) in [5.41, 5.74) is 4.60. The molecule has 0 amide bonds. The molecule has 2 aromatic rings. The van der Waals surface area contributed by atoms with Crippen molar-refractivity contribution in [3.05, 3.63) is 69.2 Å². The zero-order chi connectivity index (χ0) is 13.1. The molecule has 1 atom stereocenters. The van der Waals surface area contributed by atoms with Gasteiger partial charge in [-0.3, -0.25) is 0 Å². The zero-order valence-corrected chi connectivity index (χ0v) is 12.2. The van der Waals surface area contributed by atoms with E-state index < -0.39 is 6.10 Å². The highest BCUT2D eigenvalue weighted by molar-refractivity contribution is 9.10. The topological polar surface area (TPSA) is 20.2 Å². The molecule has 0 heterocycles. The number of rotatable bonds is 3. The van der Waals surface area contributed by atoms with Crippen LogP contribution in [-0.4, -0.2) is 5.11 Å². The lowest BCUT2D eigenvalue weighted by Crippen LogP contribution is -2.02. The van der Waals surface area contributed by atoms with Gasteiger partial charge in [0.05, 0.1) is 6.10 Å². The van der Waals surface area contributed by atoms with Gasteiger partial charge in [-0.25, -0.2) is 0 Å². The van der Waals surface area contributed by atoms with Gasteiger partial charge in [0.25, 0.3) is 0 Å². The van der Waals surface area contributed by atoms with E-state index in [-0.39, 0.29) is 0 Å². The lowest BCUT2D eigenvalue weighted by molar-refractivity contribution is 0.178. The van der Waals surface area contributed by atoms with Crippen molar-refractivity contribution in [1.82, 2.24) is 0 Å². The summed E-state index contributed by atoms with van der Waals surface area (Å²) in [4.78, 5) is 0. The third-order valence-corrected chi connectivity index (χ3v) is 3.73. The lowest BCUT2D eigenvalue weighted by Gasteiger charge is -2.13. The molecule has 0 spiro atoms. The predicted octanol–water partition coefficient (Wildman–Crippen LogP) is 4.34. The Morgan fingerprint density at radius 1 is 1.06 bits per heavy atom. The van der Waals surface area contributed by atoms with Crippen molar-refractivity contribution >= 4 is 15.9 Å². The quantitative estimate of drug-likeness (QED) is 0.894. The summed E-state index contributed by atoms with van der Waals surface area (Å²) in [6, 6.07) is 14.2. The molecule has 1 N–H and O–H groups in total. The minimum Gasteiger partial charge on any atom is -0.388 e. The van der Waals surface area contributed by atoms with Gasteiger partial charge in [-0.2, -0.15) is 0 Å². The van der Waals surface area contributed by atoms with Crippen LogP contribution in [0.4, 0.5) is 0 Å². The first-order valence-corrected chi connectivity index (χ1v) is 6.85. The van der Waals surface area contributed by atoms with E-state index in [1.165, 1.54) is 11.1 Å². The maximum atomic E-state index is 10.3. The molecule has 1 unspecified atom stereocenters. The fourth-order valence-electron chi connectivity index (χ4n) is 1.98. The van der Waals surface area contributed by atoms with E-state index >= 15 is 0 Å². The number of hydrogen-bond donors (Lipinski definition) is 1. The first kappa shape index (κ1) is 13.3. The second-order valence-electron chi connectivity index (χ2n) is 4.69. The summed E-state index contributed by atoms with van der Waals surface area (Å²) in [5.74, 6) is 0. The largest absolute Gasteiger partial charge is 0.388 e. The van der Waals surface area contributed by atoms with E-state index in [0.717, 1.165) is 15.6 Å². The fourth-order valence-corrected chi connectivity index (χ4v) is 2.42. The van der Waals surface area contributed by atoms with Gasteiger partial charge >= 0.3 is 0 Å². The fraction of sp³-hybridized carbons (Fsp3) is 0.250. The Morgan fingerprint density at radius 3 is 2.50 bits per heavy atom. The minimum absolute atomic E-state index is 0.446. The molecule has 0 fully saturated rings. The summed E-state index contributed by atoms with van der Waals surface area (Å²) in [6.07, 6.45) is 0.195. The normalized spacial score (nSPS) is 12.4. The second kappa shape index (κ2) is 5.68. The summed E-state index contributed by atoms with van der Waals surface area (Å²) in [7, 11) is 0. The molecule has 0 aliphatic rings. The minimum atomic E-state index is -0.446. The molecule has 0 aromatic heterocycles. The molecule has 0 aliphatic carbocycles. The molecule has 94 valence electrons. The van der Waals surface area contributed by atoms with Crippen molar-refractivity contribution in [2.45, 2.75) is 26.4 Å². The monoisotopic (exact) mass is 304 g/mol. The number of aliphatic hydroxyl groups excluding tert-OH is 1. The summed E-state index contributed by atoms with van der Waals surface area (Å²) in [5, 5.41) is 10.3. The summed E-state index contributed by atoms with van der Waals surface area (Å²) >= 11 is 3.45. The first-order valence-electron chi connectivity index (χ1n) is 6.06. The Balaban J connectivity index is 2.16. The zero-order valence-electron chi connectivity index (χ0n) is 10.7. The third kappa shape index (κ3) is 3.21. The molecular weight excluding hydrogens is 288 g/mol. The average Bonchev–Trinajstić information content (AvgIpc) is 2.32. The van der Waals surface area contributed by atoms with Crippen LogP contribution in [0.5, 0.6) is 0 Å². The van der Waals surface area contributed by atoms with Gasteiger partial charge in [-0.1, -0.05) is 46.3 Å². The molecular formula is C16H17BrO. The van der Waals surface area contributed by atoms with Crippen molar-refractivity contribution in [2.24, 2.45) is 0 Å². The average molecular weight is 305 g/mol. The Morgan fingerprint density at radius 2 is 1.83 bits per heavy atom. The van der Waals surface area contributed by atoms with Crippen molar-refractivity contribution < 1.29 is 5.11 Å². The van der Waals surface area contributed by atoms with Crippen LogP contribution in [0.1, 0.15) is 28.4 Å². The predicted molar refractivity (Wildman–Crippen MR) is 78.7 cm³/mol. The van der Waals surface area contributed by atoms with Crippen molar-refractivity contribution in [3.63, 3.8) is 0 Å². The highest BCUT2D eigenvalue weighted by atomic mass is 79.9. The van der Waals surface area contributed by atoms with E-state index in [1.807, 2.05) is 30.3 Å². The highest BCUT2D eigenvalue weighted by Gasteiger charge is 2.09. The molecule has 2 heteroatoms. The van der Waals surface area contributed by atoms with Gasteiger partial charge in [0, 0.05) is 10.9 Å². The number of aliphatic hydroxyl groups is 1. The molecule has 1 nitrogen and oxygen atoms in total. The van der Waals surface area contributed by atoms with E-state index in [1.54, 1.807) is 0 Å². The van der Waals surface area contributed by atoms with Gasteiger partial charge < -0.3 is 5.11 Å². The van der Waals surface area contributed by atoms with E-state index in [9.17, 15) is 5.11 Å². The smallest absolute Gasteiger partial charge is 0.0830 e. The Labute approximate surface area is 117 Å². The SMILES string of the molecule is Cc1ccc(C(O)Cc2cccc(Br)c2)cc1C. The van der Waals surface area contributed by atoms with E-state index in [2.05, 4.69) is 41.9 Å². The number of halogens is 1. The highest BCUT2D eigenvalue weighted by Crippen LogP contribution is 2.22. The number of hydrogen-bond acceptors (Lipinski definition) is 1. The van der Waals surface area contributed by atoms with Crippen LogP contribution in [0.3, 0.4) is 0 Å². The van der Waals surface area contributed by atoms with Gasteiger partial charge in [-0.05, 0) is 48.2 Å². The van der Waals surface area contributed by atoms with Crippen LogP contribution in [0.15, 0.2) is 46.9 Å². The van der Waals surface area contributed by atoms with Crippen LogP contribution in [0, 0.1) is 13.8 Å². The molecule has 0 saturated carbocycles.